The van der Waals surface area contributed by atoms with Crippen LogP contribution >= 0.6 is 11.6 Å². The number of benzene rings is 2. The van der Waals surface area contributed by atoms with Crippen LogP contribution in [0.3, 0.4) is 0 Å². The highest BCUT2D eigenvalue weighted by atomic mass is 35.5. The Bertz CT molecular complexity index is 1570. The van der Waals surface area contributed by atoms with Crippen molar-refractivity contribution >= 4 is 55.6 Å². The molecule has 0 spiro atoms. The van der Waals surface area contributed by atoms with Gasteiger partial charge in [-0.05, 0) is 49.6 Å². The van der Waals surface area contributed by atoms with Crippen molar-refractivity contribution in [2.24, 2.45) is 0 Å². The first-order valence-electron chi connectivity index (χ1n) is 11.8. The first-order chi connectivity index (χ1) is 18.7. The molecule has 0 bridgehead atoms. The molecule has 1 aliphatic heterocycles. The zero-order valence-corrected chi connectivity index (χ0v) is 22.8. The highest BCUT2D eigenvalue weighted by Gasteiger charge is 2.38. The Morgan fingerprint density at radius 1 is 1.25 bits per heavy atom. The number of carbonyl (C=O) groups is 1. The van der Waals surface area contributed by atoms with Crippen LogP contribution in [0.1, 0.15) is 31.4 Å². The standard InChI is InChI=1S/C22H24ClFN4O4S.C2HF3O2/c1-3-10-33(30,31)27-18-5-4-15(24)21(20(18)23)26-16-6-7-17-19(13(16)2)22(29)28(12-25-17)14-8-9-32-11-14;3-2(4,5)1(6)7/h4-7,12,14,26-27H,3,8-11H2,1-2H3;(H,6,7)/t14-;/m0./s1. The van der Waals surface area contributed by atoms with E-state index in [1.54, 1.807) is 30.5 Å². The quantitative estimate of drug-likeness (QED) is 0.319. The normalized spacial score (nSPS) is 15.4. The molecule has 40 heavy (non-hydrogen) atoms. The lowest BCUT2D eigenvalue weighted by Gasteiger charge is -2.17. The number of carboxylic acids is 1. The summed E-state index contributed by atoms with van der Waals surface area (Å²) in [5, 5.41) is 10.4. The van der Waals surface area contributed by atoms with Gasteiger partial charge in [-0.1, -0.05) is 18.5 Å². The summed E-state index contributed by atoms with van der Waals surface area (Å²) in [5.74, 6) is -3.50. The molecule has 1 atom stereocenters. The zero-order chi connectivity index (χ0) is 29.8. The van der Waals surface area contributed by atoms with Gasteiger partial charge in [0.25, 0.3) is 5.56 Å². The number of hydrogen-bond donors (Lipinski definition) is 3. The number of alkyl halides is 3. The summed E-state index contributed by atoms with van der Waals surface area (Å²) in [6, 6.07) is 5.67. The van der Waals surface area contributed by atoms with E-state index in [-0.39, 0.29) is 33.8 Å². The fourth-order valence-electron chi connectivity index (χ4n) is 3.89. The van der Waals surface area contributed by atoms with E-state index in [0.29, 0.717) is 41.8 Å². The molecule has 0 amide bonds. The van der Waals surface area contributed by atoms with Gasteiger partial charge in [-0.25, -0.2) is 22.6 Å². The second-order valence-electron chi connectivity index (χ2n) is 8.74. The Kier molecular flexibility index (Phi) is 9.64. The molecule has 0 saturated carbocycles. The Morgan fingerprint density at radius 2 is 1.90 bits per heavy atom. The second kappa shape index (κ2) is 12.4. The van der Waals surface area contributed by atoms with Crippen LogP contribution < -0.4 is 15.6 Å². The smallest absolute Gasteiger partial charge is 0.475 e. The van der Waals surface area contributed by atoms with Crippen molar-refractivity contribution in [3.05, 3.63) is 57.3 Å². The van der Waals surface area contributed by atoms with Gasteiger partial charge in [-0.15, -0.1) is 0 Å². The third-order valence-electron chi connectivity index (χ3n) is 5.84. The van der Waals surface area contributed by atoms with Crippen molar-refractivity contribution in [2.45, 2.75) is 38.9 Å². The maximum atomic E-state index is 14.7. The van der Waals surface area contributed by atoms with Gasteiger partial charge in [-0.2, -0.15) is 13.2 Å². The van der Waals surface area contributed by atoms with E-state index in [4.69, 9.17) is 26.2 Å². The number of hydrogen-bond acceptors (Lipinski definition) is 7. The van der Waals surface area contributed by atoms with Gasteiger partial charge in [-0.3, -0.25) is 14.1 Å². The van der Waals surface area contributed by atoms with Crippen molar-refractivity contribution in [1.82, 2.24) is 9.55 Å². The molecule has 4 rings (SSSR count). The number of aromatic nitrogens is 2. The second-order valence-corrected chi connectivity index (χ2v) is 11.0. The van der Waals surface area contributed by atoms with Gasteiger partial charge in [0.2, 0.25) is 10.0 Å². The summed E-state index contributed by atoms with van der Waals surface area (Å²) in [7, 11) is -3.61. The van der Waals surface area contributed by atoms with Crippen molar-refractivity contribution in [1.29, 1.82) is 0 Å². The van der Waals surface area contributed by atoms with Crippen molar-refractivity contribution in [2.75, 3.05) is 29.0 Å². The van der Waals surface area contributed by atoms with Gasteiger partial charge >= 0.3 is 12.1 Å². The van der Waals surface area contributed by atoms with Gasteiger partial charge in [0.15, 0.2) is 0 Å². The SMILES string of the molecule is CCCS(=O)(=O)Nc1ccc(F)c(Nc2ccc3ncn([C@H]4CCOC4)c(=O)c3c2C)c1Cl.O=C(O)C(F)(F)F. The molecule has 1 saturated heterocycles. The first kappa shape index (κ1) is 31.1. The van der Waals surface area contributed by atoms with Crippen LogP contribution in [-0.2, 0) is 19.6 Å². The monoisotopic (exact) mass is 608 g/mol. The number of nitrogens with one attached hydrogen (secondary N) is 2. The lowest BCUT2D eigenvalue weighted by atomic mass is 10.1. The minimum absolute atomic E-state index is 0.0673. The average molecular weight is 609 g/mol. The van der Waals surface area contributed by atoms with Crippen molar-refractivity contribution in [3.8, 4) is 0 Å². The summed E-state index contributed by atoms with van der Waals surface area (Å²) < 4.78 is 80.1. The average Bonchev–Trinajstić information content (AvgIpc) is 3.39. The number of halogens is 5. The minimum atomic E-state index is -5.08. The molecule has 10 nitrogen and oxygen atoms in total. The maximum absolute atomic E-state index is 14.7. The third kappa shape index (κ3) is 7.20. The molecule has 16 heteroatoms. The Labute approximate surface area is 231 Å². The summed E-state index contributed by atoms with van der Waals surface area (Å²) in [5.41, 5.74) is 1.32. The largest absolute Gasteiger partial charge is 0.490 e. The fraction of sp³-hybridized carbons (Fsp3) is 0.375. The van der Waals surface area contributed by atoms with Crippen LogP contribution in [0.5, 0.6) is 0 Å². The number of anilines is 3. The molecule has 2 heterocycles. The van der Waals surface area contributed by atoms with E-state index in [0.717, 1.165) is 12.5 Å². The van der Waals surface area contributed by atoms with Gasteiger partial charge < -0.3 is 15.2 Å². The molecule has 1 aliphatic rings. The van der Waals surface area contributed by atoms with Crippen LogP contribution in [0.4, 0.5) is 34.6 Å². The lowest BCUT2D eigenvalue weighted by molar-refractivity contribution is -0.192. The molecular weight excluding hydrogens is 584 g/mol. The maximum Gasteiger partial charge on any atom is 0.490 e. The summed E-state index contributed by atoms with van der Waals surface area (Å²) in [6.45, 7) is 4.52. The molecule has 218 valence electrons. The number of nitrogens with zero attached hydrogens (tertiary/aromatic N) is 2. The molecule has 1 fully saturated rings. The molecule has 2 aromatic carbocycles. The minimum Gasteiger partial charge on any atom is -0.475 e. The van der Waals surface area contributed by atoms with Crippen LogP contribution in [0.15, 0.2) is 35.4 Å². The van der Waals surface area contributed by atoms with Crippen LogP contribution in [0.25, 0.3) is 10.9 Å². The first-order valence-corrected chi connectivity index (χ1v) is 13.8. The highest BCUT2D eigenvalue weighted by Crippen LogP contribution is 2.36. The van der Waals surface area contributed by atoms with E-state index in [1.807, 2.05) is 0 Å². The van der Waals surface area contributed by atoms with E-state index < -0.39 is 28.0 Å². The highest BCUT2D eigenvalue weighted by molar-refractivity contribution is 7.92. The third-order valence-corrected chi connectivity index (χ3v) is 7.71. The summed E-state index contributed by atoms with van der Waals surface area (Å²) in [4.78, 5) is 26.5. The summed E-state index contributed by atoms with van der Waals surface area (Å²) >= 11 is 6.36. The molecule has 3 aromatic rings. The number of aryl methyl sites for hydroxylation is 1. The number of rotatable bonds is 7. The predicted octanol–water partition coefficient (Wildman–Crippen LogP) is 4.99. The van der Waals surface area contributed by atoms with Crippen LogP contribution in [0.2, 0.25) is 5.02 Å². The van der Waals surface area contributed by atoms with Crippen LogP contribution in [-0.4, -0.2) is 54.2 Å². The topological polar surface area (TPSA) is 140 Å². The van der Waals surface area contributed by atoms with Crippen LogP contribution in [0, 0.1) is 12.7 Å². The van der Waals surface area contributed by atoms with Crippen molar-refractivity contribution in [3.63, 3.8) is 0 Å². The molecule has 3 N–H and O–H groups in total. The van der Waals surface area contributed by atoms with Crippen molar-refractivity contribution < 1.29 is 40.6 Å². The Balaban J connectivity index is 0.000000559. The molecular formula is C24H25ClF4N4O6S. The lowest BCUT2D eigenvalue weighted by Crippen LogP contribution is -2.26. The summed E-state index contributed by atoms with van der Waals surface area (Å²) in [6.07, 6.45) is -2.40. The molecule has 1 aromatic heterocycles. The van der Waals surface area contributed by atoms with Gasteiger partial charge in [0.05, 0.1) is 52.0 Å². The van der Waals surface area contributed by atoms with E-state index in [1.165, 1.54) is 12.4 Å². The number of aliphatic carboxylic acids is 1. The molecule has 0 radical (unpaired) electrons. The zero-order valence-electron chi connectivity index (χ0n) is 21.2. The number of ether oxygens (including phenoxy) is 1. The number of carboxylic acid groups (broad SMARTS) is 1. The Morgan fingerprint density at radius 3 is 2.48 bits per heavy atom. The van der Waals surface area contributed by atoms with E-state index in [2.05, 4.69) is 15.0 Å². The van der Waals surface area contributed by atoms with E-state index in [9.17, 15) is 30.8 Å². The van der Waals surface area contributed by atoms with E-state index >= 15 is 0 Å². The van der Waals surface area contributed by atoms with Gasteiger partial charge in [0.1, 0.15) is 5.82 Å². The predicted molar refractivity (Wildman–Crippen MR) is 141 cm³/mol. The fourth-order valence-corrected chi connectivity index (χ4v) is 5.33. The van der Waals surface area contributed by atoms with Gasteiger partial charge in [0, 0.05) is 12.3 Å². The molecule has 0 unspecified atom stereocenters. The Hall–Kier alpha value is -3.43. The number of sulfonamides is 1. The number of fused-ring (bicyclic) bond motifs is 1. The molecule has 0 aliphatic carbocycles.